The molecule has 1 heterocycles. The molecule has 0 bridgehead atoms. The first-order chi connectivity index (χ1) is 15.4. The minimum atomic E-state index is -3.68. The summed E-state index contributed by atoms with van der Waals surface area (Å²) in [7, 11) is -3.68. The molecule has 1 aliphatic heterocycles. The number of piperazine rings is 1. The van der Waals surface area contributed by atoms with Gasteiger partial charge in [-0.15, -0.1) is 0 Å². The molecular formula is C25H26N2O4S. The monoisotopic (exact) mass is 450 g/mol. The van der Waals surface area contributed by atoms with E-state index in [0.717, 1.165) is 0 Å². The molecule has 0 amide bonds. The van der Waals surface area contributed by atoms with Crippen molar-refractivity contribution in [2.45, 2.75) is 17.4 Å². The van der Waals surface area contributed by atoms with Gasteiger partial charge in [0.05, 0.1) is 17.4 Å². The van der Waals surface area contributed by atoms with E-state index < -0.39 is 16.0 Å². The topological polar surface area (TPSA) is 77.9 Å². The third-order valence-electron chi connectivity index (χ3n) is 5.76. The van der Waals surface area contributed by atoms with Crippen LogP contribution in [0.5, 0.6) is 0 Å². The van der Waals surface area contributed by atoms with Crippen molar-refractivity contribution in [1.29, 1.82) is 0 Å². The van der Waals surface area contributed by atoms with Crippen LogP contribution in [0.3, 0.4) is 0 Å². The van der Waals surface area contributed by atoms with Gasteiger partial charge < -0.3 is 5.11 Å². The minimum absolute atomic E-state index is 0.0566. The van der Waals surface area contributed by atoms with Crippen LogP contribution in [-0.4, -0.2) is 54.9 Å². The van der Waals surface area contributed by atoms with Crippen molar-refractivity contribution in [3.05, 3.63) is 102 Å². The number of benzene rings is 3. The fourth-order valence-electron chi connectivity index (χ4n) is 4.23. The molecule has 1 aliphatic rings. The van der Waals surface area contributed by atoms with Crippen LogP contribution < -0.4 is 0 Å². The van der Waals surface area contributed by atoms with Crippen molar-refractivity contribution in [3.63, 3.8) is 0 Å². The summed E-state index contributed by atoms with van der Waals surface area (Å²) in [5, 5.41) is 9.01. The highest BCUT2D eigenvalue weighted by atomic mass is 32.2. The highest BCUT2D eigenvalue weighted by molar-refractivity contribution is 7.89. The van der Waals surface area contributed by atoms with Gasteiger partial charge in [0.15, 0.2) is 0 Å². The number of carbonyl (C=O) groups is 1. The fourth-order valence-corrected chi connectivity index (χ4v) is 5.72. The molecule has 0 saturated carbocycles. The second kappa shape index (κ2) is 9.65. The lowest BCUT2D eigenvalue weighted by atomic mass is 9.96. The molecule has 0 spiro atoms. The van der Waals surface area contributed by atoms with E-state index in [0.29, 0.717) is 31.7 Å². The van der Waals surface area contributed by atoms with Crippen LogP contribution in [0.15, 0.2) is 89.8 Å². The number of rotatable bonds is 7. The molecule has 4 rings (SSSR count). The smallest absolute Gasteiger partial charge is 0.307 e. The van der Waals surface area contributed by atoms with Gasteiger partial charge in [-0.3, -0.25) is 9.69 Å². The average Bonchev–Trinajstić information content (AvgIpc) is 2.81. The van der Waals surface area contributed by atoms with Gasteiger partial charge in [-0.2, -0.15) is 4.31 Å². The number of hydrogen-bond acceptors (Lipinski definition) is 4. The highest BCUT2D eigenvalue weighted by Crippen LogP contribution is 2.30. The van der Waals surface area contributed by atoms with Crippen LogP contribution in [0.2, 0.25) is 0 Å². The third-order valence-corrected chi connectivity index (χ3v) is 7.66. The van der Waals surface area contributed by atoms with E-state index in [2.05, 4.69) is 29.2 Å². The van der Waals surface area contributed by atoms with Crippen molar-refractivity contribution in [2.24, 2.45) is 0 Å². The van der Waals surface area contributed by atoms with Gasteiger partial charge in [-0.1, -0.05) is 72.8 Å². The molecule has 0 aromatic heterocycles. The van der Waals surface area contributed by atoms with E-state index in [1.54, 1.807) is 12.1 Å². The summed E-state index contributed by atoms with van der Waals surface area (Å²) in [4.78, 5) is 13.5. The molecule has 1 N–H and O–H groups in total. The summed E-state index contributed by atoms with van der Waals surface area (Å²) >= 11 is 0. The van der Waals surface area contributed by atoms with Crippen LogP contribution >= 0.6 is 0 Å². The zero-order valence-electron chi connectivity index (χ0n) is 17.7. The predicted molar refractivity (Wildman–Crippen MR) is 123 cm³/mol. The van der Waals surface area contributed by atoms with E-state index in [1.165, 1.54) is 27.6 Å². The Kier molecular flexibility index (Phi) is 6.69. The number of sulfonamides is 1. The molecule has 1 fully saturated rings. The van der Waals surface area contributed by atoms with Gasteiger partial charge in [0, 0.05) is 26.2 Å². The second-order valence-corrected chi connectivity index (χ2v) is 9.82. The Balaban J connectivity index is 1.53. The quantitative estimate of drug-likeness (QED) is 0.597. The van der Waals surface area contributed by atoms with Crippen LogP contribution in [0.4, 0.5) is 0 Å². The Hall–Kier alpha value is -3.00. The highest BCUT2D eigenvalue weighted by Gasteiger charge is 2.32. The first-order valence-electron chi connectivity index (χ1n) is 10.6. The Morgan fingerprint density at radius 1 is 0.812 bits per heavy atom. The number of nitrogens with zero attached hydrogens (tertiary/aromatic N) is 2. The summed E-state index contributed by atoms with van der Waals surface area (Å²) < 4.78 is 27.9. The summed E-state index contributed by atoms with van der Waals surface area (Å²) in [5.41, 5.74) is 2.83. The lowest BCUT2D eigenvalue weighted by Crippen LogP contribution is -2.49. The standard InChI is InChI=1S/C25H26N2O4S/c28-24(29)19-20-8-7-13-23(18-20)32(30,31)27-16-14-26(15-17-27)25(21-9-3-1-4-10-21)22-11-5-2-6-12-22/h1-13,18,25H,14-17,19H2,(H,28,29). The molecule has 32 heavy (non-hydrogen) atoms. The molecule has 1 saturated heterocycles. The van der Waals surface area contributed by atoms with E-state index in [4.69, 9.17) is 5.11 Å². The molecule has 166 valence electrons. The van der Waals surface area contributed by atoms with Crippen molar-refractivity contribution in [2.75, 3.05) is 26.2 Å². The molecule has 0 unspecified atom stereocenters. The first-order valence-corrected chi connectivity index (χ1v) is 12.0. The van der Waals surface area contributed by atoms with E-state index in [9.17, 15) is 13.2 Å². The summed E-state index contributed by atoms with van der Waals surface area (Å²) in [6.07, 6.45) is -0.201. The van der Waals surface area contributed by atoms with Crippen molar-refractivity contribution < 1.29 is 18.3 Å². The van der Waals surface area contributed by atoms with Crippen molar-refractivity contribution >= 4 is 16.0 Å². The maximum atomic E-state index is 13.2. The maximum absolute atomic E-state index is 13.2. The zero-order valence-corrected chi connectivity index (χ0v) is 18.5. The SMILES string of the molecule is O=C(O)Cc1cccc(S(=O)(=O)N2CCN(C(c3ccccc3)c3ccccc3)CC2)c1. The summed E-state index contributed by atoms with van der Waals surface area (Å²) in [6, 6.07) is 26.8. The summed E-state index contributed by atoms with van der Waals surface area (Å²) in [6.45, 7) is 1.95. The largest absolute Gasteiger partial charge is 0.481 e. The lowest BCUT2D eigenvalue weighted by Gasteiger charge is -2.39. The lowest BCUT2D eigenvalue weighted by molar-refractivity contribution is -0.136. The molecule has 6 nitrogen and oxygen atoms in total. The molecule has 0 atom stereocenters. The predicted octanol–water partition coefficient (Wildman–Crippen LogP) is 3.41. The van der Waals surface area contributed by atoms with Gasteiger partial charge >= 0.3 is 5.97 Å². The normalized spacial score (nSPS) is 15.7. The third kappa shape index (κ3) is 4.91. The first kappa shape index (κ1) is 22.2. The Morgan fingerprint density at radius 3 is 1.91 bits per heavy atom. The Bertz CT molecular complexity index is 1120. The van der Waals surface area contributed by atoms with Gasteiger partial charge in [0.1, 0.15) is 0 Å². The van der Waals surface area contributed by atoms with E-state index >= 15 is 0 Å². The number of carboxylic acid groups (broad SMARTS) is 1. The molecule has 7 heteroatoms. The van der Waals surface area contributed by atoms with Crippen molar-refractivity contribution in [3.8, 4) is 0 Å². The fraction of sp³-hybridized carbons (Fsp3) is 0.240. The number of hydrogen-bond donors (Lipinski definition) is 1. The van der Waals surface area contributed by atoms with Crippen LogP contribution in [0, 0.1) is 0 Å². The van der Waals surface area contributed by atoms with Crippen LogP contribution in [0.25, 0.3) is 0 Å². The van der Waals surface area contributed by atoms with Crippen LogP contribution in [-0.2, 0) is 21.2 Å². The van der Waals surface area contributed by atoms with Crippen molar-refractivity contribution in [1.82, 2.24) is 9.21 Å². The van der Waals surface area contributed by atoms with Gasteiger partial charge in [-0.05, 0) is 28.8 Å². The van der Waals surface area contributed by atoms with Gasteiger partial charge in [-0.25, -0.2) is 8.42 Å². The molecule has 0 aliphatic carbocycles. The molecule has 3 aromatic carbocycles. The zero-order chi connectivity index (χ0) is 22.6. The minimum Gasteiger partial charge on any atom is -0.481 e. The Morgan fingerprint density at radius 2 is 1.38 bits per heavy atom. The van der Waals surface area contributed by atoms with E-state index in [1.807, 2.05) is 36.4 Å². The van der Waals surface area contributed by atoms with Gasteiger partial charge in [0.25, 0.3) is 0 Å². The maximum Gasteiger partial charge on any atom is 0.307 e. The molecule has 0 radical (unpaired) electrons. The van der Waals surface area contributed by atoms with Crippen LogP contribution in [0.1, 0.15) is 22.7 Å². The second-order valence-electron chi connectivity index (χ2n) is 7.88. The number of aliphatic carboxylic acids is 1. The summed E-state index contributed by atoms with van der Waals surface area (Å²) in [5.74, 6) is -0.985. The Labute approximate surface area is 188 Å². The van der Waals surface area contributed by atoms with Gasteiger partial charge in [0.2, 0.25) is 10.0 Å². The average molecular weight is 451 g/mol. The number of carboxylic acids is 1. The molecular weight excluding hydrogens is 424 g/mol. The molecule has 3 aromatic rings. The van der Waals surface area contributed by atoms with E-state index in [-0.39, 0.29) is 17.4 Å².